The van der Waals surface area contributed by atoms with Crippen molar-refractivity contribution in [2.24, 2.45) is 5.92 Å². The van der Waals surface area contributed by atoms with E-state index in [0.29, 0.717) is 19.8 Å². The summed E-state index contributed by atoms with van der Waals surface area (Å²) in [4.78, 5) is 0. The summed E-state index contributed by atoms with van der Waals surface area (Å²) in [5.74, 6) is 0.0578. The molecule has 23 heavy (non-hydrogen) atoms. The van der Waals surface area contributed by atoms with Crippen LogP contribution in [-0.2, 0) is 22.7 Å². The number of ether oxygens (including phenoxy) is 2. The molecule has 0 radical (unpaired) electrons. The fourth-order valence-electron chi connectivity index (χ4n) is 3.10. The lowest BCUT2D eigenvalue weighted by molar-refractivity contribution is -0.0459. The first-order valence-electron chi connectivity index (χ1n) is 8.28. The zero-order chi connectivity index (χ0) is 15.9. The first kappa shape index (κ1) is 16.2. The summed E-state index contributed by atoms with van der Waals surface area (Å²) in [6, 6.07) is 20.3. The van der Waals surface area contributed by atoms with Crippen molar-refractivity contribution in [3.05, 3.63) is 71.8 Å². The molecule has 1 N–H and O–H groups in total. The van der Waals surface area contributed by atoms with Crippen LogP contribution in [0, 0.1) is 5.92 Å². The van der Waals surface area contributed by atoms with Gasteiger partial charge in [-0.3, -0.25) is 0 Å². The number of benzene rings is 2. The molecule has 3 unspecified atom stereocenters. The van der Waals surface area contributed by atoms with Crippen LogP contribution in [0.5, 0.6) is 0 Å². The predicted molar refractivity (Wildman–Crippen MR) is 89.8 cm³/mol. The third-order valence-electron chi connectivity index (χ3n) is 4.45. The van der Waals surface area contributed by atoms with Crippen molar-refractivity contribution in [1.29, 1.82) is 0 Å². The SMILES string of the molecule is OC1CCC(OCc2ccccc2)C1COCc1ccccc1. The van der Waals surface area contributed by atoms with E-state index in [2.05, 4.69) is 24.3 Å². The molecule has 1 aliphatic rings. The van der Waals surface area contributed by atoms with Crippen LogP contribution < -0.4 is 0 Å². The Labute approximate surface area is 137 Å². The molecular formula is C20H24O3. The molecule has 0 bridgehead atoms. The molecule has 0 aliphatic heterocycles. The minimum absolute atomic E-state index is 0.0578. The second kappa shape index (κ2) is 8.25. The van der Waals surface area contributed by atoms with E-state index in [4.69, 9.17) is 9.47 Å². The summed E-state index contributed by atoms with van der Waals surface area (Å²) in [6.45, 7) is 1.71. The minimum atomic E-state index is -0.327. The number of hydrogen-bond acceptors (Lipinski definition) is 3. The largest absolute Gasteiger partial charge is 0.393 e. The molecule has 3 nitrogen and oxygen atoms in total. The molecule has 1 fully saturated rings. The molecule has 3 heteroatoms. The van der Waals surface area contributed by atoms with Crippen molar-refractivity contribution in [2.75, 3.05) is 6.61 Å². The van der Waals surface area contributed by atoms with Crippen LogP contribution in [0.4, 0.5) is 0 Å². The van der Waals surface area contributed by atoms with Gasteiger partial charge in [-0.05, 0) is 24.0 Å². The van der Waals surface area contributed by atoms with Gasteiger partial charge in [0.1, 0.15) is 0 Å². The maximum atomic E-state index is 10.2. The van der Waals surface area contributed by atoms with Crippen LogP contribution in [0.3, 0.4) is 0 Å². The summed E-state index contributed by atoms with van der Waals surface area (Å²) >= 11 is 0. The van der Waals surface area contributed by atoms with Gasteiger partial charge in [-0.25, -0.2) is 0 Å². The summed E-state index contributed by atoms with van der Waals surface area (Å²) in [7, 11) is 0. The lowest BCUT2D eigenvalue weighted by Gasteiger charge is -2.22. The highest BCUT2D eigenvalue weighted by molar-refractivity contribution is 5.14. The van der Waals surface area contributed by atoms with Gasteiger partial charge in [0.2, 0.25) is 0 Å². The fourth-order valence-corrected chi connectivity index (χ4v) is 3.10. The van der Waals surface area contributed by atoms with Crippen molar-refractivity contribution in [2.45, 2.75) is 38.3 Å². The van der Waals surface area contributed by atoms with Gasteiger partial charge in [0.15, 0.2) is 0 Å². The van der Waals surface area contributed by atoms with E-state index in [1.54, 1.807) is 0 Å². The number of rotatable bonds is 7. The van der Waals surface area contributed by atoms with Gasteiger partial charge >= 0.3 is 0 Å². The quantitative estimate of drug-likeness (QED) is 0.849. The second-order valence-corrected chi connectivity index (χ2v) is 6.14. The van der Waals surface area contributed by atoms with Crippen LogP contribution in [0.25, 0.3) is 0 Å². The van der Waals surface area contributed by atoms with Crippen molar-refractivity contribution >= 4 is 0 Å². The van der Waals surface area contributed by atoms with Crippen molar-refractivity contribution in [3.63, 3.8) is 0 Å². The Hall–Kier alpha value is -1.68. The van der Waals surface area contributed by atoms with Crippen LogP contribution >= 0.6 is 0 Å². The highest BCUT2D eigenvalue weighted by Gasteiger charge is 2.35. The Balaban J connectivity index is 1.48. The molecule has 0 spiro atoms. The van der Waals surface area contributed by atoms with Gasteiger partial charge in [-0.2, -0.15) is 0 Å². The van der Waals surface area contributed by atoms with Crippen molar-refractivity contribution in [1.82, 2.24) is 0 Å². The second-order valence-electron chi connectivity index (χ2n) is 6.14. The average molecular weight is 312 g/mol. The van der Waals surface area contributed by atoms with Crippen LogP contribution in [0.2, 0.25) is 0 Å². The Morgan fingerprint density at radius 3 is 2.09 bits per heavy atom. The maximum Gasteiger partial charge on any atom is 0.0720 e. The molecule has 0 heterocycles. The van der Waals surface area contributed by atoms with Gasteiger partial charge in [0, 0.05) is 5.92 Å². The van der Waals surface area contributed by atoms with E-state index in [1.165, 1.54) is 0 Å². The fraction of sp³-hybridized carbons (Fsp3) is 0.400. The molecule has 3 rings (SSSR count). The summed E-state index contributed by atoms with van der Waals surface area (Å²) in [5, 5.41) is 10.2. The lowest BCUT2D eigenvalue weighted by atomic mass is 10.1. The van der Waals surface area contributed by atoms with E-state index in [0.717, 1.165) is 24.0 Å². The molecule has 0 aromatic heterocycles. The van der Waals surface area contributed by atoms with E-state index in [-0.39, 0.29) is 18.1 Å². The number of aliphatic hydroxyl groups excluding tert-OH is 1. The van der Waals surface area contributed by atoms with Gasteiger partial charge in [0.25, 0.3) is 0 Å². The maximum absolute atomic E-state index is 10.2. The van der Waals surface area contributed by atoms with Gasteiger partial charge < -0.3 is 14.6 Å². The summed E-state index contributed by atoms with van der Waals surface area (Å²) in [5.41, 5.74) is 2.32. The van der Waals surface area contributed by atoms with Crippen LogP contribution in [0.15, 0.2) is 60.7 Å². The Morgan fingerprint density at radius 2 is 1.43 bits per heavy atom. The summed E-state index contributed by atoms with van der Waals surface area (Å²) in [6.07, 6.45) is 1.43. The molecule has 2 aromatic carbocycles. The zero-order valence-electron chi connectivity index (χ0n) is 13.3. The Bertz CT molecular complexity index is 570. The summed E-state index contributed by atoms with van der Waals surface area (Å²) < 4.78 is 11.9. The smallest absolute Gasteiger partial charge is 0.0720 e. The molecule has 122 valence electrons. The first-order chi connectivity index (χ1) is 11.3. The molecule has 2 aromatic rings. The third-order valence-corrected chi connectivity index (χ3v) is 4.45. The molecular weight excluding hydrogens is 288 g/mol. The predicted octanol–water partition coefficient (Wildman–Crippen LogP) is 3.56. The van der Waals surface area contributed by atoms with Gasteiger partial charge in [-0.1, -0.05) is 60.7 Å². The highest BCUT2D eigenvalue weighted by Crippen LogP contribution is 2.30. The van der Waals surface area contributed by atoms with E-state index in [9.17, 15) is 5.11 Å². The molecule has 0 amide bonds. The number of hydrogen-bond donors (Lipinski definition) is 1. The van der Waals surface area contributed by atoms with Crippen LogP contribution in [0.1, 0.15) is 24.0 Å². The average Bonchev–Trinajstić information content (AvgIpc) is 2.95. The highest BCUT2D eigenvalue weighted by atomic mass is 16.5. The Kier molecular flexibility index (Phi) is 5.81. The zero-order valence-corrected chi connectivity index (χ0v) is 13.3. The third kappa shape index (κ3) is 4.64. The lowest BCUT2D eigenvalue weighted by Crippen LogP contribution is -2.29. The van der Waals surface area contributed by atoms with E-state index >= 15 is 0 Å². The number of aliphatic hydroxyl groups is 1. The van der Waals surface area contributed by atoms with Crippen LogP contribution in [-0.4, -0.2) is 23.9 Å². The molecule has 1 aliphatic carbocycles. The van der Waals surface area contributed by atoms with Gasteiger partial charge in [0.05, 0.1) is 32.0 Å². The first-order valence-corrected chi connectivity index (χ1v) is 8.28. The molecule has 3 atom stereocenters. The van der Waals surface area contributed by atoms with Crippen molar-refractivity contribution < 1.29 is 14.6 Å². The normalized spacial score (nSPS) is 24.0. The van der Waals surface area contributed by atoms with E-state index < -0.39 is 0 Å². The topological polar surface area (TPSA) is 38.7 Å². The van der Waals surface area contributed by atoms with Crippen molar-refractivity contribution in [3.8, 4) is 0 Å². The molecule has 0 saturated heterocycles. The Morgan fingerprint density at radius 1 is 0.826 bits per heavy atom. The molecule has 1 saturated carbocycles. The van der Waals surface area contributed by atoms with Gasteiger partial charge in [-0.15, -0.1) is 0 Å². The monoisotopic (exact) mass is 312 g/mol. The minimum Gasteiger partial charge on any atom is -0.393 e. The standard InChI is InChI=1S/C20H24O3/c21-19-11-12-20(23-14-17-9-5-2-6-10-17)18(19)15-22-13-16-7-3-1-4-8-16/h1-10,18-21H,11-15H2. The van der Waals surface area contributed by atoms with E-state index in [1.807, 2.05) is 36.4 Å².